The highest BCUT2D eigenvalue weighted by Gasteiger charge is 2.23. The zero-order valence-electron chi connectivity index (χ0n) is 12.3. The number of amides is 2. The van der Waals surface area contributed by atoms with Crippen molar-refractivity contribution in [1.29, 1.82) is 0 Å². The third-order valence-electron chi connectivity index (χ3n) is 3.52. The summed E-state index contributed by atoms with van der Waals surface area (Å²) in [6, 6.07) is 2.97. The normalized spacial score (nSPS) is 18.3. The van der Waals surface area contributed by atoms with Crippen molar-refractivity contribution in [2.24, 2.45) is 0 Å². The molecule has 3 heterocycles. The van der Waals surface area contributed by atoms with Gasteiger partial charge in [0.2, 0.25) is 11.8 Å². The SMILES string of the molecule is O=C(Cn1nnn(-c2cccs2)c1=O)N[C@H]1CCCCNC1=O. The van der Waals surface area contributed by atoms with Crippen LogP contribution in [0.15, 0.2) is 22.3 Å². The van der Waals surface area contributed by atoms with Gasteiger partial charge in [-0.1, -0.05) is 0 Å². The van der Waals surface area contributed by atoms with Gasteiger partial charge in [-0.15, -0.1) is 11.3 Å². The molecular formula is C13H16N6O3S. The van der Waals surface area contributed by atoms with Gasteiger partial charge in [0.25, 0.3) is 0 Å². The van der Waals surface area contributed by atoms with E-state index in [0.717, 1.165) is 22.2 Å². The van der Waals surface area contributed by atoms with Crippen molar-refractivity contribution in [3.8, 4) is 5.00 Å². The van der Waals surface area contributed by atoms with Crippen LogP contribution in [0.1, 0.15) is 19.3 Å². The molecule has 10 heteroatoms. The van der Waals surface area contributed by atoms with E-state index in [0.29, 0.717) is 18.0 Å². The van der Waals surface area contributed by atoms with Crippen LogP contribution in [-0.2, 0) is 16.1 Å². The standard InChI is InChI=1S/C13H16N6O3S/c20-10(15-9-4-1-2-6-14-12(9)21)8-18-13(22)19(17-16-18)11-5-3-7-23-11/h3,5,7,9H,1-2,4,6,8H2,(H,14,21)(H,15,20)/t9-/m0/s1. The predicted octanol–water partition coefficient (Wildman–Crippen LogP) is -0.725. The molecule has 0 bridgehead atoms. The third-order valence-corrected chi connectivity index (χ3v) is 4.36. The Balaban J connectivity index is 1.66. The molecule has 1 aliphatic rings. The molecule has 0 spiro atoms. The number of nitrogens with zero attached hydrogens (tertiary/aromatic N) is 4. The van der Waals surface area contributed by atoms with E-state index < -0.39 is 17.6 Å². The molecule has 0 unspecified atom stereocenters. The summed E-state index contributed by atoms with van der Waals surface area (Å²) >= 11 is 1.35. The van der Waals surface area contributed by atoms with Gasteiger partial charge in [-0.25, -0.2) is 4.79 Å². The average molecular weight is 336 g/mol. The monoisotopic (exact) mass is 336 g/mol. The van der Waals surface area contributed by atoms with Crippen LogP contribution >= 0.6 is 11.3 Å². The lowest BCUT2D eigenvalue weighted by molar-refractivity contribution is -0.129. The molecule has 23 heavy (non-hydrogen) atoms. The molecule has 2 aromatic rings. The van der Waals surface area contributed by atoms with E-state index in [4.69, 9.17) is 0 Å². The van der Waals surface area contributed by atoms with Crippen LogP contribution in [0, 0.1) is 0 Å². The van der Waals surface area contributed by atoms with Crippen LogP contribution in [0.5, 0.6) is 0 Å². The van der Waals surface area contributed by atoms with Crippen molar-refractivity contribution >= 4 is 23.2 Å². The van der Waals surface area contributed by atoms with Crippen molar-refractivity contribution in [3.05, 3.63) is 28.0 Å². The fourth-order valence-electron chi connectivity index (χ4n) is 2.36. The highest BCUT2D eigenvalue weighted by atomic mass is 32.1. The first-order valence-corrected chi connectivity index (χ1v) is 8.17. The van der Waals surface area contributed by atoms with E-state index in [1.807, 2.05) is 5.38 Å². The Morgan fingerprint density at radius 3 is 3.04 bits per heavy atom. The zero-order chi connectivity index (χ0) is 16.2. The van der Waals surface area contributed by atoms with Gasteiger partial charge in [0.1, 0.15) is 17.6 Å². The van der Waals surface area contributed by atoms with Crippen LogP contribution in [0.2, 0.25) is 0 Å². The number of hydrogen-bond donors (Lipinski definition) is 2. The summed E-state index contributed by atoms with van der Waals surface area (Å²) in [6.07, 6.45) is 2.35. The number of hydrogen-bond acceptors (Lipinski definition) is 6. The van der Waals surface area contributed by atoms with Gasteiger partial charge in [0.15, 0.2) is 0 Å². The molecule has 1 aliphatic heterocycles. The van der Waals surface area contributed by atoms with Crippen molar-refractivity contribution in [2.45, 2.75) is 31.8 Å². The third kappa shape index (κ3) is 3.47. The van der Waals surface area contributed by atoms with Gasteiger partial charge in [-0.2, -0.15) is 9.36 Å². The minimum Gasteiger partial charge on any atom is -0.354 e. The molecule has 1 fully saturated rings. The lowest BCUT2D eigenvalue weighted by atomic mass is 10.1. The van der Waals surface area contributed by atoms with Gasteiger partial charge in [0, 0.05) is 6.54 Å². The molecule has 0 aliphatic carbocycles. The van der Waals surface area contributed by atoms with E-state index in [1.54, 1.807) is 12.1 Å². The number of carbonyl (C=O) groups is 2. The maximum Gasteiger partial charge on any atom is 0.369 e. The molecule has 0 radical (unpaired) electrons. The van der Waals surface area contributed by atoms with Crippen molar-refractivity contribution in [3.63, 3.8) is 0 Å². The van der Waals surface area contributed by atoms with Crippen molar-refractivity contribution in [1.82, 2.24) is 30.4 Å². The first-order chi connectivity index (χ1) is 11.1. The molecule has 2 N–H and O–H groups in total. The quantitative estimate of drug-likeness (QED) is 0.765. The van der Waals surface area contributed by atoms with Gasteiger partial charge < -0.3 is 10.6 Å². The Morgan fingerprint density at radius 2 is 2.26 bits per heavy atom. The Hall–Kier alpha value is -2.49. The minimum atomic E-state index is -0.562. The highest BCUT2D eigenvalue weighted by Crippen LogP contribution is 2.10. The topological polar surface area (TPSA) is 111 Å². The Bertz CT molecular complexity index is 750. The van der Waals surface area contributed by atoms with Crippen LogP contribution in [0.4, 0.5) is 0 Å². The minimum absolute atomic E-state index is 0.189. The number of carbonyl (C=O) groups excluding carboxylic acids is 2. The van der Waals surface area contributed by atoms with Crippen LogP contribution in [-0.4, -0.2) is 44.2 Å². The lowest BCUT2D eigenvalue weighted by Crippen LogP contribution is -2.47. The van der Waals surface area contributed by atoms with Gasteiger partial charge in [-0.05, 0) is 47.2 Å². The van der Waals surface area contributed by atoms with Gasteiger partial charge >= 0.3 is 5.69 Å². The molecule has 2 amide bonds. The highest BCUT2D eigenvalue weighted by molar-refractivity contribution is 7.12. The fraction of sp³-hybridized carbons (Fsp3) is 0.462. The summed E-state index contributed by atoms with van der Waals surface area (Å²) < 4.78 is 2.11. The second-order valence-electron chi connectivity index (χ2n) is 5.19. The predicted molar refractivity (Wildman–Crippen MR) is 82.3 cm³/mol. The molecule has 9 nitrogen and oxygen atoms in total. The van der Waals surface area contributed by atoms with Crippen molar-refractivity contribution < 1.29 is 9.59 Å². The smallest absolute Gasteiger partial charge is 0.354 e. The van der Waals surface area contributed by atoms with Crippen LogP contribution < -0.4 is 16.3 Å². The number of thiophene rings is 1. The summed E-state index contributed by atoms with van der Waals surface area (Å²) in [5.41, 5.74) is -0.493. The average Bonchev–Trinajstić information content (AvgIpc) is 3.11. The van der Waals surface area contributed by atoms with Gasteiger partial charge in [-0.3, -0.25) is 9.59 Å². The van der Waals surface area contributed by atoms with E-state index in [-0.39, 0.29) is 12.5 Å². The molecule has 122 valence electrons. The van der Waals surface area contributed by atoms with Crippen LogP contribution in [0.3, 0.4) is 0 Å². The Morgan fingerprint density at radius 1 is 1.39 bits per heavy atom. The summed E-state index contributed by atoms with van der Waals surface area (Å²) in [4.78, 5) is 36.0. The number of rotatable bonds is 4. The van der Waals surface area contributed by atoms with E-state index >= 15 is 0 Å². The fourth-order valence-corrected chi connectivity index (χ4v) is 3.02. The first kappa shape index (κ1) is 15.4. The number of tetrazole rings is 1. The molecule has 1 saturated heterocycles. The largest absolute Gasteiger partial charge is 0.369 e. The maximum atomic E-state index is 12.2. The molecule has 1 atom stereocenters. The molecule has 0 aromatic carbocycles. The molecular weight excluding hydrogens is 320 g/mol. The van der Waals surface area contributed by atoms with E-state index in [9.17, 15) is 14.4 Å². The lowest BCUT2D eigenvalue weighted by Gasteiger charge is -2.14. The summed E-state index contributed by atoms with van der Waals surface area (Å²) in [5, 5.41) is 15.3. The first-order valence-electron chi connectivity index (χ1n) is 7.29. The second kappa shape index (κ2) is 6.73. The summed E-state index contributed by atoms with van der Waals surface area (Å²) in [5.74, 6) is -0.627. The second-order valence-corrected chi connectivity index (χ2v) is 6.12. The molecule has 3 rings (SSSR count). The van der Waals surface area contributed by atoms with Crippen molar-refractivity contribution in [2.75, 3.05) is 6.54 Å². The van der Waals surface area contributed by atoms with E-state index in [2.05, 4.69) is 21.1 Å². The summed E-state index contributed by atoms with van der Waals surface area (Å²) in [6.45, 7) is 0.355. The Labute approximate surface area is 135 Å². The number of aromatic nitrogens is 4. The summed E-state index contributed by atoms with van der Waals surface area (Å²) in [7, 11) is 0. The van der Waals surface area contributed by atoms with E-state index in [1.165, 1.54) is 11.3 Å². The number of nitrogens with one attached hydrogen (secondary N) is 2. The Kier molecular flexibility index (Phi) is 4.51. The maximum absolute atomic E-state index is 12.2. The van der Waals surface area contributed by atoms with Gasteiger partial charge in [0.05, 0.1) is 0 Å². The zero-order valence-corrected chi connectivity index (χ0v) is 13.1. The molecule has 2 aromatic heterocycles. The van der Waals surface area contributed by atoms with Crippen LogP contribution in [0.25, 0.3) is 5.00 Å². The molecule has 0 saturated carbocycles.